The molecule has 0 fully saturated rings. The summed E-state index contributed by atoms with van der Waals surface area (Å²) in [7, 11) is 3.23. The lowest BCUT2D eigenvalue weighted by Gasteiger charge is -1.80. The van der Waals surface area contributed by atoms with Crippen LogP contribution in [0.2, 0.25) is 0 Å². The molecule has 50 valence electrons. The van der Waals surface area contributed by atoms with Crippen molar-refractivity contribution < 1.29 is 0 Å². The molecule has 1 heterocycles. The van der Waals surface area contributed by atoms with Crippen LogP contribution in [-0.2, 0) is 0 Å². The predicted molar refractivity (Wildman–Crippen MR) is 49.6 cm³/mol. The number of rotatable bonds is 0. The molecule has 0 atom stereocenters. The van der Waals surface area contributed by atoms with Gasteiger partial charge in [0, 0.05) is 10.5 Å². The van der Waals surface area contributed by atoms with Gasteiger partial charge in [0.1, 0.15) is 5.52 Å². The molecule has 0 spiro atoms. The number of benzene rings is 1. The molecule has 0 radical (unpaired) electrons. The van der Waals surface area contributed by atoms with Crippen LogP contribution in [0.4, 0.5) is 0 Å². The van der Waals surface area contributed by atoms with Crippen LogP contribution in [-0.4, -0.2) is 4.37 Å². The summed E-state index contributed by atoms with van der Waals surface area (Å²) in [6.45, 7) is 0. The molecule has 0 unspecified atom stereocenters. The quantitative estimate of drug-likeness (QED) is 0.502. The van der Waals surface area contributed by atoms with Gasteiger partial charge in [-0.15, -0.1) is 4.37 Å². The lowest BCUT2D eigenvalue weighted by molar-refractivity contribution is 1.65. The average molecular weight is 233 g/mol. The van der Waals surface area contributed by atoms with Crippen LogP contribution in [0.5, 0.6) is 0 Å². The molecule has 2 rings (SSSR count). The first-order valence-electron chi connectivity index (χ1n) is 2.70. The third kappa shape index (κ3) is 1.07. The molecular weight excluding hydrogens is 230 g/mol. The zero-order chi connectivity index (χ0) is 6.97. The van der Waals surface area contributed by atoms with E-state index in [1.807, 2.05) is 12.1 Å². The van der Waals surface area contributed by atoms with Gasteiger partial charge in [-0.3, -0.25) is 0 Å². The van der Waals surface area contributed by atoms with Crippen molar-refractivity contribution in [1.82, 2.24) is 4.37 Å². The van der Waals surface area contributed by atoms with Crippen molar-refractivity contribution >= 4 is 47.0 Å². The van der Waals surface area contributed by atoms with Crippen LogP contribution in [0.15, 0.2) is 22.7 Å². The van der Waals surface area contributed by atoms with E-state index in [4.69, 9.17) is 0 Å². The van der Waals surface area contributed by atoms with E-state index in [1.165, 1.54) is 15.2 Å². The van der Waals surface area contributed by atoms with Gasteiger partial charge < -0.3 is 0 Å². The van der Waals surface area contributed by atoms with Gasteiger partial charge in [0.15, 0.2) is 0 Å². The van der Waals surface area contributed by atoms with Crippen LogP contribution in [0.3, 0.4) is 0 Å². The molecule has 1 aromatic heterocycles. The zero-order valence-electron chi connectivity index (χ0n) is 4.87. The van der Waals surface area contributed by atoms with Gasteiger partial charge in [0.05, 0.1) is 0 Å². The predicted octanol–water partition coefficient (Wildman–Crippen LogP) is 3.40. The molecule has 0 aliphatic heterocycles. The average Bonchev–Trinajstić information content (AvgIpc) is 2.33. The minimum atomic E-state index is 1.10. The standard InChI is InChI=1S/C6H3BrNS2/c7-4-1-2-5-6(3-4)9-10-8-5/h1-3H/q+1. The number of aromatic nitrogens is 1. The molecular formula is C6H3BrNS2+. The highest BCUT2D eigenvalue weighted by molar-refractivity contribution is 9.10. The lowest BCUT2D eigenvalue weighted by atomic mass is 10.3. The maximum Gasteiger partial charge on any atom is 0.323 e. The van der Waals surface area contributed by atoms with E-state index in [1.54, 1.807) is 10.3 Å². The molecule has 0 aliphatic carbocycles. The van der Waals surface area contributed by atoms with E-state index in [0.717, 1.165) is 9.99 Å². The van der Waals surface area contributed by atoms with E-state index >= 15 is 0 Å². The summed E-state index contributed by atoms with van der Waals surface area (Å²) < 4.78 is 6.57. The van der Waals surface area contributed by atoms with Crippen molar-refractivity contribution in [2.24, 2.45) is 0 Å². The maximum atomic E-state index is 4.20. The Morgan fingerprint density at radius 3 is 3.30 bits per heavy atom. The van der Waals surface area contributed by atoms with Crippen LogP contribution < -0.4 is 0 Å². The molecule has 2 aromatic rings. The van der Waals surface area contributed by atoms with Gasteiger partial charge in [0.25, 0.3) is 15.2 Å². The Balaban J connectivity index is 2.86. The Bertz CT molecular complexity index is 357. The zero-order valence-corrected chi connectivity index (χ0v) is 8.09. The highest BCUT2D eigenvalue weighted by Gasteiger charge is 2.07. The van der Waals surface area contributed by atoms with Gasteiger partial charge in [-0.05, 0) is 12.1 Å². The first-order valence-corrected chi connectivity index (χ1v) is 5.60. The molecule has 0 aliphatic rings. The van der Waals surface area contributed by atoms with E-state index < -0.39 is 0 Å². The van der Waals surface area contributed by atoms with E-state index in [-0.39, 0.29) is 0 Å². The smallest absolute Gasteiger partial charge is 0.135 e. The summed E-state index contributed by atoms with van der Waals surface area (Å²) in [5.41, 5.74) is 1.10. The van der Waals surface area contributed by atoms with E-state index in [0.29, 0.717) is 0 Å². The summed E-state index contributed by atoms with van der Waals surface area (Å²) in [5, 5.41) is 0. The van der Waals surface area contributed by atoms with Gasteiger partial charge in [-0.2, -0.15) is 0 Å². The van der Waals surface area contributed by atoms with Crippen molar-refractivity contribution in [3.05, 3.63) is 22.7 Å². The Kier molecular flexibility index (Phi) is 1.68. The normalized spacial score (nSPS) is 10.5. The number of hydrogen-bond donors (Lipinski definition) is 0. The minimum absolute atomic E-state index is 1.10. The van der Waals surface area contributed by atoms with Crippen molar-refractivity contribution in [2.45, 2.75) is 0 Å². The van der Waals surface area contributed by atoms with Crippen LogP contribution in [0.1, 0.15) is 0 Å². The fourth-order valence-corrected chi connectivity index (χ4v) is 3.02. The molecule has 0 N–H and O–H groups in total. The fraction of sp³-hybridized carbons (Fsp3) is 0. The summed E-state index contributed by atoms with van der Waals surface area (Å²) in [4.78, 5) is 0. The second-order valence-electron chi connectivity index (χ2n) is 1.86. The first-order chi connectivity index (χ1) is 4.86. The SMILES string of the molecule is Brc1ccc2ns[s+]c2c1. The van der Waals surface area contributed by atoms with Gasteiger partial charge >= 0.3 is 10.3 Å². The summed E-state index contributed by atoms with van der Waals surface area (Å²) in [6.07, 6.45) is 0. The highest BCUT2D eigenvalue weighted by Crippen LogP contribution is 2.24. The topological polar surface area (TPSA) is 12.9 Å². The molecule has 0 saturated heterocycles. The third-order valence-corrected chi connectivity index (χ3v) is 3.52. The molecule has 10 heavy (non-hydrogen) atoms. The van der Waals surface area contributed by atoms with E-state index in [2.05, 4.69) is 26.4 Å². The third-order valence-electron chi connectivity index (χ3n) is 1.18. The Morgan fingerprint density at radius 2 is 2.40 bits per heavy atom. The fourth-order valence-electron chi connectivity index (χ4n) is 0.729. The van der Waals surface area contributed by atoms with Gasteiger partial charge in [-0.25, -0.2) is 0 Å². The van der Waals surface area contributed by atoms with Crippen molar-refractivity contribution in [1.29, 1.82) is 0 Å². The van der Waals surface area contributed by atoms with Crippen molar-refractivity contribution in [3.63, 3.8) is 0 Å². The molecule has 1 nitrogen and oxygen atoms in total. The Labute approximate surface area is 74.0 Å². The molecule has 4 heteroatoms. The molecule has 1 aromatic carbocycles. The molecule has 0 saturated carbocycles. The van der Waals surface area contributed by atoms with Gasteiger partial charge in [-0.1, -0.05) is 15.9 Å². The number of halogens is 1. The molecule has 0 bridgehead atoms. The first kappa shape index (κ1) is 6.64. The van der Waals surface area contributed by atoms with Gasteiger partial charge in [0.2, 0.25) is 0 Å². The summed E-state index contributed by atoms with van der Waals surface area (Å²) in [6, 6.07) is 6.12. The van der Waals surface area contributed by atoms with Crippen molar-refractivity contribution in [2.75, 3.05) is 0 Å². The second kappa shape index (κ2) is 2.53. The number of nitrogens with zero attached hydrogens (tertiary/aromatic N) is 1. The number of hydrogen-bond acceptors (Lipinski definition) is 2. The minimum Gasteiger partial charge on any atom is -0.135 e. The number of fused-ring (bicyclic) bond motifs is 1. The van der Waals surface area contributed by atoms with Crippen LogP contribution in [0.25, 0.3) is 10.2 Å². The second-order valence-corrected chi connectivity index (χ2v) is 4.66. The van der Waals surface area contributed by atoms with Crippen LogP contribution >= 0.6 is 36.8 Å². The lowest BCUT2D eigenvalue weighted by Crippen LogP contribution is -1.64. The Morgan fingerprint density at radius 1 is 1.50 bits per heavy atom. The van der Waals surface area contributed by atoms with Crippen molar-refractivity contribution in [3.8, 4) is 0 Å². The molecule has 0 amide bonds. The monoisotopic (exact) mass is 232 g/mol. The highest BCUT2D eigenvalue weighted by atomic mass is 79.9. The summed E-state index contributed by atoms with van der Waals surface area (Å²) in [5.74, 6) is 0. The van der Waals surface area contributed by atoms with E-state index in [9.17, 15) is 0 Å². The van der Waals surface area contributed by atoms with Crippen LogP contribution in [0, 0.1) is 0 Å². The maximum absolute atomic E-state index is 4.20. The Hall–Kier alpha value is -0.0600. The summed E-state index contributed by atoms with van der Waals surface area (Å²) >= 11 is 3.40. The largest absolute Gasteiger partial charge is 0.323 e.